The summed E-state index contributed by atoms with van der Waals surface area (Å²) in [7, 11) is 1.29. The maximum absolute atomic E-state index is 12.2. The van der Waals surface area contributed by atoms with E-state index in [2.05, 4.69) is 17.2 Å². The van der Waals surface area contributed by atoms with E-state index < -0.39 is 23.7 Å². The smallest absolute Gasteiger partial charge is 0.408 e. The van der Waals surface area contributed by atoms with Crippen molar-refractivity contribution >= 4 is 12.1 Å². The largest absolute Gasteiger partial charge is 0.494 e. The standard InChI is InChI=1S/C31H40N2O6/c1-6-7-8-9-10-19-37-25-17-15-24(16-18-25)28-32-27(21-38-28)23-13-11-22(12-14-23)20-26(29(34)36-5)33-30(35)39-31(2,3)4/h11-18,21,26H,6-10,19-20H2,1-5H3,(H,33,35)/t26-/m0/s1. The molecule has 2 aromatic carbocycles. The maximum Gasteiger partial charge on any atom is 0.408 e. The number of nitrogens with zero attached hydrogens (tertiary/aromatic N) is 1. The SMILES string of the molecule is CCCCCCCOc1ccc(-c2nc(-c3ccc(C[C@H](NC(=O)OC(C)(C)C)C(=O)OC)cc3)co2)cc1. The predicted molar refractivity (Wildman–Crippen MR) is 151 cm³/mol. The van der Waals surface area contributed by atoms with E-state index in [0.29, 0.717) is 11.6 Å². The number of hydrogen-bond acceptors (Lipinski definition) is 7. The van der Waals surface area contributed by atoms with Gasteiger partial charge in [0.25, 0.3) is 0 Å². The number of esters is 1. The monoisotopic (exact) mass is 536 g/mol. The van der Waals surface area contributed by atoms with Gasteiger partial charge in [-0.3, -0.25) is 0 Å². The van der Waals surface area contributed by atoms with Crippen LogP contribution in [0, 0.1) is 0 Å². The number of rotatable bonds is 13. The van der Waals surface area contributed by atoms with Crippen molar-refractivity contribution in [1.29, 1.82) is 0 Å². The molecule has 0 aliphatic heterocycles. The molecule has 1 amide bonds. The number of amides is 1. The lowest BCUT2D eigenvalue weighted by molar-refractivity contribution is -0.143. The first-order valence-corrected chi connectivity index (χ1v) is 13.5. The van der Waals surface area contributed by atoms with E-state index in [0.717, 1.165) is 35.5 Å². The number of carbonyl (C=O) groups is 2. The summed E-state index contributed by atoms with van der Waals surface area (Å²) in [5.41, 5.74) is 2.59. The van der Waals surface area contributed by atoms with Gasteiger partial charge < -0.3 is 23.9 Å². The quantitative estimate of drug-likeness (QED) is 0.186. The molecule has 3 rings (SSSR count). The van der Waals surface area contributed by atoms with Gasteiger partial charge in [0.05, 0.1) is 13.7 Å². The number of oxazole rings is 1. The van der Waals surface area contributed by atoms with Crippen molar-refractivity contribution < 1.29 is 28.2 Å². The second kappa shape index (κ2) is 14.4. The van der Waals surface area contributed by atoms with Crippen molar-refractivity contribution in [1.82, 2.24) is 10.3 Å². The molecule has 210 valence electrons. The Balaban J connectivity index is 1.58. The van der Waals surface area contributed by atoms with Crippen LogP contribution >= 0.6 is 0 Å². The van der Waals surface area contributed by atoms with Gasteiger partial charge in [0.2, 0.25) is 5.89 Å². The van der Waals surface area contributed by atoms with E-state index in [4.69, 9.17) is 18.6 Å². The molecule has 3 aromatic rings. The highest BCUT2D eigenvalue weighted by atomic mass is 16.6. The predicted octanol–water partition coefficient (Wildman–Crippen LogP) is 6.97. The highest BCUT2D eigenvalue weighted by molar-refractivity contribution is 5.81. The maximum atomic E-state index is 12.2. The molecule has 0 unspecified atom stereocenters. The van der Waals surface area contributed by atoms with E-state index in [1.54, 1.807) is 27.0 Å². The van der Waals surface area contributed by atoms with Crippen LogP contribution in [-0.4, -0.2) is 42.4 Å². The van der Waals surface area contributed by atoms with Crippen LogP contribution in [0.25, 0.3) is 22.7 Å². The minimum atomic E-state index is -0.873. The third-order valence-electron chi connectivity index (χ3n) is 5.99. The van der Waals surface area contributed by atoms with Gasteiger partial charge in [-0.25, -0.2) is 14.6 Å². The number of unbranched alkanes of at least 4 members (excludes halogenated alkanes) is 4. The van der Waals surface area contributed by atoms with Crippen LogP contribution in [0.15, 0.2) is 59.2 Å². The minimum absolute atomic E-state index is 0.253. The fraction of sp³-hybridized carbons (Fsp3) is 0.452. The van der Waals surface area contributed by atoms with Crippen LogP contribution in [0.4, 0.5) is 4.79 Å². The molecule has 8 nitrogen and oxygen atoms in total. The van der Waals surface area contributed by atoms with Gasteiger partial charge in [-0.1, -0.05) is 56.9 Å². The molecule has 1 N–H and O–H groups in total. The molecule has 1 heterocycles. The molecule has 0 bridgehead atoms. The average Bonchev–Trinajstić information content (AvgIpc) is 3.40. The Morgan fingerprint density at radius 2 is 1.62 bits per heavy atom. The molecule has 0 spiro atoms. The highest BCUT2D eigenvalue weighted by Gasteiger charge is 2.25. The third kappa shape index (κ3) is 9.78. The normalized spacial score (nSPS) is 12.0. The summed E-state index contributed by atoms with van der Waals surface area (Å²) in [5, 5.41) is 2.59. The highest BCUT2D eigenvalue weighted by Crippen LogP contribution is 2.26. The number of nitrogens with one attached hydrogen (secondary N) is 1. The molecule has 0 fully saturated rings. The molecule has 0 aliphatic rings. The Morgan fingerprint density at radius 1 is 0.949 bits per heavy atom. The summed E-state index contributed by atoms with van der Waals surface area (Å²) in [6.07, 6.45) is 7.23. The summed E-state index contributed by atoms with van der Waals surface area (Å²) in [6.45, 7) is 8.21. The second-order valence-corrected chi connectivity index (χ2v) is 10.4. The van der Waals surface area contributed by atoms with Gasteiger partial charge in [-0.05, 0) is 57.0 Å². The average molecular weight is 537 g/mol. The molecule has 8 heteroatoms. The van der Waals surface area contributed by atoms with Crippen LogP contribution in [-0.2, 0) is 20.7 Å². The summed E-state index contributed by atoms with van der Waals surface area (Å²) in [6, 6.07) is 14.4. The number of carbonyl (C=O) groups excluding carboxylic acids is 2. The first-order chi connectivity index (χ1) is 18.7. The van der Waals surface area contributed by atoms with Crippen LogP contribution in [0.2, 0.25) is 0 Å². The van der Waals surface area contributed by atoms with Crippen molar-refractivity contribution in [2.24, 2.45) is 0 Å². The van der Waals surface area contributed by atoms with Crippen molar-refractivity contribution in [2.45, 2.75) is 77.9 Å². The lowest BCUT2D eigenvalue weighted by Gasteiger charge is -2.22. The Bertz CT molecular complexity index is 1180. The van der Waals surface area contributed by atoms with Crippen molar-refractivity contribution in [3.05, 3.63) is 60.4 Å². The van der Waals surface area contributed by atoms with Gasteiger partial charge in [-0.15, -0.1) is 0 Å². The Kier molecular flexibility index (Phi) is 11.0. The fourth-order valence-corrected chi connectivity index (χ4v) is 3.96. The first kappa shape index (κ1) is 29.7. The van der Waals surface area contributed by atoms with Gasteiger partial charge in [0.1, 0.15) is 29.3 Å². The number of methoxy groups -OCH3 is 1. The summed E-state index contributed by atoms with van der Waals surface area (Å²) in [4.78, 5) is 29.1. The molecular formula is C31H40N2O6. The van der Waals surface area contributed by atoms with Gasteiger partial charge in [0.15, 0.2) is 0 Å². The molecule has 0 radical (unpaired) electrons. The van der Waals surface area contributed by atoms with E-state index in [-0.39, 0.29) is 6.42 Å². The van der Waals surface area contributed by atoms with Crippen LogP contribution < -0.4 is 10.1 Å². The number of alkyl carbamates (subject to hydrolysis) is 1. The summed E-state index contributed by atoms with van der Waals surface area (Å²) < 4.78 is 21.7. The van der Waals surface area contributed by atoms with E-state index in [9.17, 15) is 9.59 Å². The van der Waals surface area contributed by atoms with Crippen LogP contribution in [0.3, 0.4) is 0 Å². The lowest BCUT2D eigenvalue weighted by atomic mass is 10.0. The number of ether oxygens (including phenoxy) is 3. The van der Waals surface area contributed by atoms with Crippen LogP contribution in [0.1, 0.15) is 65.4 Å². The minimum Gasteiger partial charge on any atom is -0.494 e. The number of hydrogen-bond donors (Lipinski definition) is 1. The van der Waals surface area contributed by atoms with E-state index in [1.165, 1.54) is 32.8 Å². The van der Waals surface area contributed by atoms with Crippen molar-refractivity contribution in [2.75, 3.05) is 13.7 Å². The van der Waals surface area contributed by atoms with Crippen molar-refractivity contribution in [3.8, 4) is 28.5 Å². The van der Waals surface area contributed by atoms with Gasteiger partial charge in [-0.2, -0.15) is 0 Å². The molecule has 0 saturated heterocycles. The zero-order valence-corrected chi connectivity index (χ0v) is 23.6. The molecule has 0 aliphatic carbocycles. The van der Waals surface area contributed by atoms with Gasteiger partial charge >= 0.3 is 12.1 Å². The lowest BCUT2D eigenvalue weighted by Crippen LogP contribution is -2.45. The zero-order chi connectivity index (χ0) is 28.3. The first-order valence-electron chi connectivity index (χ1n) is 13.5. The summed E-state index contributed by atoms with van der Waals surface area (Å²) >= 11 is 0. The Labute approximate surface area is 231 Å². The molecule has 0 saturated carbocycles. The van der Waals surface area contributed by atoms with E-state index >= 15 is 0 Å². The summed E-state index contributed by atoms with van der Waals surface area (Å²) in [5.74, 6) is 0.810. The second-order valence-electron chi connectivity index (χ2n) is 10.4. The van der Waals surface area contributed by atoms with Crippen molar-refractivity contribution in [3.63, 3.8) is 0 Å². The zero-order valence-electron chi connectivity index (χ0n) is 23.6. The third-order valence-corrected chi connectivity index (χ3v) is 5.99. The van der Waals surface area contributed by atoms with Crippen LogP contribution in [0.5, 0.6) is 5.75 Å². The molecule has 39 heavy (non-hydrogen) atoms. The number of benzene rings is 2. The van der Waals surface area contributed by atoms with E-state index in [1.807, 2.05) is 48.5 Å². The number of aromatic nitrogens is 1. The molecule has 1 aromatic heterocycles. The topological polar surface area (TPSA) is 99.9 Å². The molecule has 1 atom stereocenters. The van der Waals surface area contributed by atoms with Gasteiger partial charge in [0, 0.05) is 17.5 Å². The Hall–Kier alpha value is -3.81. The fourth-order valence-electron chi connectivity index (χ4n) is 3.96. The molecular weight excluding hydrogens is 496 g/mol. The Morgan fingerprint density at radius 3 is 2.26 bits per heavy atom.